The Morgan fingerprint density at radius 1 is 1.17 bits per heavy atom. The summed E-state index contributed by atoms with van der Waals surface area (Å²) in [6.45, 7) is 6.62. The lowest BCUT2D eigenvalue weighted by Crippen LogP contribution is -2.45. The molecule has 0 spiro atoms. The predicted molar refractivity (Wildman–Crippen MR) is 99.5 cm³/mol. The van der Waals surface area contributed by atoms with Crippen LogP contribution < -0.4 is 10.6 Å². The van der Waals surface area contributed by atoms with Crippen LogP contribution in [0.2, 0.25) is 0 Å². The highest BCUT2D eigenvalue weighted by Crippen LogP contribution is 2.27. The summed E-state index contributed by atoms with van der Waals surface area (Å²) in [7, 11) is 1.86. The van der Waals surface area contributed by atoms with Gasteiger partial charge in [0, 0.05) is 38.8 Å². The van der Waals surface area contributed by atoms with Gasteiger partial charge in [-0.25, -0.2) is 0 Å². The number of guanidine groups is 1. The first-order chi connectivity index (χ1) is 11.8. The largest absolute Gasteiger partial charge is 0.381 e. The van der Waals surface area contributed by atoms with E-state index in [2.05, 4.69) is 22.5 Å². The summed E-state index contributed by atoms with van der Waals surface area (Å²) in [5, 5.41) is 7.00. The minimum Gasteiger partial charge on any atom is -0.381 e. The molecule has 0 aromatic rings. The molecule has 1 aliphatic carbocycles. The predicted octanol–water partition coefficient (Wildman–Crippen LogP) is 2.95. The average molecular weight is 340 g/mol. The van der Waals surface area contributed by atoms with E-state index in [1.165, 1.54) is 38.5 Å². The third-order valence-electron chi connectivity index (χ3n) is 5.24. The lowest BCUT2D eigenvalue weighted by Gasteiger charge is -2.30. The SMILES string of the molecule is CCCC1CCC(NC(=NC)NCCCOCC2CCOC2)CC1. The van der Waals surface area contributed by atoms with E-state index in [0.29, 0.717) is 12.0 Å². The van der Waals surface area contributed by atoms with Gasteiger partial charge in [0.1, 0.15) is 0 Å². The Morgan fingerprint density at radius 2 is 2.00 bits per heavy atom. The molecule has 5 heteroatoms. The van der Waals surface area contributed by atoms with Crippen molar-refractivity contribution in [3.63, 3.8) is 0 Å². The standard InChI is InChI=1S/C19H37N3O2/c1-3-5-16-6-8-18(9-7-16)22-19(20-2)21-11-4-12-23-14-17-10-13-24-15-17/h16-18H,3-15H2,1-2H3,(H2,20,21,22). The van der Waals surface area contributed by atoms with Crippen LogP contribution in [-0.4, -0.2) is 52.0 Å². The van der Waals surface area contributed by atoms with Gasteiger partial charge < -0.3 is 20.1 Å². The zero-order chi connectivity index (χ0) is 17.0. The van der Waals surface area contributed by atoms with Crippen LogP contribution in [0.25, 0.3) is 0 Å². The number of nitrogens with zero attached hydrogens (tertiary/aromatic N) is 1. The van der Waals surface area contributed by atoms with E-state index < -0.39 is 0 Å². The second-order valence-corrected chi connectivity index (χ2v) is 7.31. The smallest absolute Gasteiger partial charge is 0.191 e. The van der Waals surface area contributed by atoms with Crippen LogP contribution in [0.3, 0.4) is 0 Å². The van der Waals surface area contributed by atoms with Crippen molar-refractivity contribution in [3.05, 3.63) is 0 Å². The molecule has 2 rings (SSSR count). The molecule has 2 fully saturated rings. The zero-order valence-electron chi connectivity index (χ0n) is 15.7. The summed E-state index contributed by atoms with van der Waals surface area (Å²) in [6.07, 6.45) is 10.2. The fourth-order valence-electron chi connectivity index (χ4n) is 3.74. The Labute approximate surface area is 148 Å². The molecule has 140 valence electrons. The van der Waals surface area contributed by atoms with Gasteiger partial charge in [-0.05, 0) is 44.4 Å². The van der Waals surface area contributed by atoms with Crippen molar-refractivity contribution in [2.75, 3.05) is 40.0 Å². The molecular formula is C19H37N3O2. The van der Waals surface area contributed by atoms with Crippen molar-refractivity contribution in [2.45, 2.75) is 64.3 Å². The second-order valence-electron chi connectivity index (χ2n) is 7.31. The van der Waals surface area contributed by atoms with Crippen molar-refractivity contribution in [1.29, 1.82) is 0 Å². The minimum absolute atomic E-state index is 0.586. The number of nitrogens with one attached hydrogen (secondary N) is 2. The Bertz CT molecular complexity index is 349. The van der Waals surface area contributed by atoms with Gasteiger partial charge in [-0.1, -0.05) is 19.8 Å². The molecule has 0 amide bonds. The van der Waals surface area contributed by atoms with Gasteiger partial charge in [-0.2, -0.15) is 0 Å². The molecule has 1 aliphatic heterocycles. The highest BCUT2D eigenvalue weighted by molar-refractivity contribution is 5.79. The molecule has 2 N–H and O–H groups in total. The van der Waals surface area contributed by atoms with Crippen LogP contribution in [-0.2, 0) is 9.47 Å². The molecule has 1 atom stereocenters. The Kier molecular flexibility index (Phi) is 9.51. The molecular weight excluding hydrogens is 302 g/mol. The maximum atomic E-state index is 5.74. The second kappa shape index (κ2) is 11.7. The highest BCUT2D eigenvalue weighted by Gasteiger charge is 2.21. The number of aliphatic imine (C=N–C) groups is 1. The molecule has 1 saturated heterocycles. The van der Waals surface area contributed by atoms with Crippen LogP contribution in [0, 0.1) is 11.8 Å². The van der Waals surface area contributed by atoms with E-state index in [-0.39, 0.29) is 0 Å². The van der Waals surface area contributed by atoms with Crippen LogP contribution in [0.1, 0.15) is 58.3 Å². The zero-order valence-corrected chi connectivity index (χ0v) is 15.7. The molecule has 5 nitrogen and oxygen atoms in total. The fraction of sp³-hybridized carbons (Fsp3) is 0.947. The lowest BCUT2D eigenvalue weighted by molar-refractivity contribution is 0.0888. The van der Waals surface area contributed by atoms with Gasteiger partial charge in [-0.15, -0.1) is 0 Å². The quantitative estimate of drug-likeness (QED) is 0.385. The van der Waals surface area contributed by atoms with E-state index in [1.54, 1.807) is 0 Å². The summed E-state index contributed by atoms with van der Waals surface area (Å²) in [5.74, 6) is 2.50. The van der Waals surface area contributed by atoms with Crippen molar-refractivity contribution >= 4 is 5.96 Å². The molecule has 0 aromatic heterocycles. The molecule has 1 unspecified atom stereocenters. The number of hydrogen-bond acceptors (Lipinski definition) is 3. The average Bonchev–Trinajstić information content (AvgIpc) is 3.12. The summed E-state index contributed by atoms with van der Waals surface area (Å²) in [5.41, 5.74) is 0. The van der Waals surface area contributed by atoms with Gasteiger partial charge in [0.2, 0.25) is 0 Å². The van der Waals surface area contributed by atoms with Gasteiger partial charge in [-0.3, -0.25) is 4.99 Å². The molecule has 24 heavy (non-hydrogen) atoms. The van der Waals surface area contributed by atoms with Crippen molar-refractivity contribution < 1.29 is 9.47 Å². The molecule has 0 bridgehead atoms. The van der Waals surface area contributed by atoms with Crippen molar-refractivity contribution in [1.82, 2.24) is 10.6 Å². The molecule has 1 saturated carbocycles. The van der Waals surface area contributed by atoms with Gasteiger partial charge in [0.05, 0.1) is 13.2 Å². The minimum atomic E-state index is 0.586. The normalized spacial score (nSPS) is 28.1. The van der Waals surface area contributed by atoms with E-state index in [4.69, 9.17) is 9.47 Å². The van der Waals surface area contributed by atoms with Gasteiger partial charge in [0.25, 0.3) is 0 Å². The third-order valence-corrected chi connectivity index (χ3v) is 5.24. The monoisotopic (exact) mass is 339 g/mol. The van der Waals surface area contributed by atoms with E-state index in [9.17, 15) is 0 Å². The Morgan fingerprint density at radius 3 is 2.67 bits per heavy atom. The number of ether oxygens (including phenoxy) is 2. The van der Waals surface area contributed by atoms with Crippen LogP contribution >= 0.6 is 0 Å². The van der Waals surface area contributed by atoms with E-state index in [1.807, 2.05) is 7.05 Å². The molecule has 2 aliphatic rings. The fourth-order valence-corrected chi connectivity index (χ4v) is 3.74. The maximum absolute atomic E-state index is 5.74. The maximum Gasteiger partial charge on any atom is 0.191 e. The highest BCUT2D eigenvalue weighted by atomic mass is 16.5. The Balaban J connectivity index is 1.49. The van der Waals surface area contributed by atoms with Crippen molar-refractivity contribution in [2.24, 2.45) is 16.8 Å². The van der Waals surface area contributed by atoms with Crippen molar-refractivity contribution in [3.8, 4) is 0 Å². The summed E-state index contributed by atoms with van der Waals surface area (Å²) >= 11 is 0. The first-order valence-electron chi connectivity index (χ1n) is 9.94. The molecule has 0 radical (unpaired) electrons. The molecule has 0 aromatic carbocycles. The summed E-state index contributed by atoms with van der Waals surface area (Å²) in [6, 6.07) is 0.586. The third kappa shape index (κ3) is 7.39. The summed E-state index contributed by atoms with van der Waals surface area (Å²) < 4.78 is 11.1. The lowest BCUT2D eigenvalue weighted by atomic mass is 9.83. The first kappa shape index (κ1) is 19.5. The van der Waals surface area contributed by atoms with Gasteiger partial charge in [0.15, 0.2) is 5.96 Å². The number of rotatable bonds is 9. The van der Waals surface area contributed by atoms with Crippen LogP contribution in [0.5, 0.6) is 0 Å². The van der Waals surface area contributed by atoms with Crippen LogP contribution in [0.4, 0.5) is 0 Å². The molecule has 1 heterocycles. The summed E-state index contributed by atoms with van der Waals surface area (Å²) in [4.78, 5) is 4.36. The number of hydrogen-bond donors (Lipinski definition) is 2. The topological polar surface area (TPSA) is 54.9 Å². The van der Waals surface area contributed by atoms with Gasteiger partial charge >= 0.3 is 0 Å². The van der Waals surface area contributed by atoms with Crippen LogP contribution in [0.15, 0.2) is 4.99 Å². The van der Waals surface area contributed by atoms with E-state index >= 15 is 0 Å². The van der Waals surface area contributed by atoms with E-state index in [0.717, 1.165) is 57.7 Å². The Hall–Kier alpha value is -0.810. The first-order valence-corrected chi connectivity index (χ1v) is 9.94.